The van der Waals surface area contributed by atoms with Crippen molar-refractivity contribution in [2.24, 2.45) is 5.73 Å². The van der Waals surface area contributed by atoms with E-state index in [9.17, 15) is 4.39 Å². The number of fused-ring (bicyclic) bond motifs is 1. The smallest absolute Gasteiger partial charge is 0.165 e. The Morgan fingerprint density at radius 2 is 2.29 bits per heavy atom. The maximum absolute atomic E-state index is 13.2. The van der Waals surface area contributed by atoms with Gasteiger partial charge in [0, 0.05) is 12.0 Å². The lowest BCUT2D eigenvalue weighted by atomic mass is 10.0. The SMILES string of the molecule is NCCCc1ccc(F)c2c1CCO2. The predicted molar refractivity (Wildman–Crippen MR) is 53.0 cm³/mol. The van der Waals surface area contributed by atoms with Gasteiger partial charge in [0.2, 0.25) is 0 Å². The summed E-state index contributed by atoms with van der Waals surface area (Å²) < 4.78 is 18.5. The minimum absolute atomic E-state index is 0.242. The van der Waals surface area contributed by atoms with Crippen LogP contribution in [0.2, 0.25) is 0 Å². The summed E-state index contributed by atoms with van der Waals surface area (Å²) in [7, 11) is 0. The van der Waals surface area contributed by atoms with Gasteiger partial charge < -0.3 is 10.5 Å². The fraction of sp³-hybridized carbons (Fsp3) is 0.455. The molecule has 2 N–H and O–H groups in total. The molecule has 2 rings (SSSR count). The molecule has 0 amide bonds. The van der Waals surface area contributed by atoms with E-state index in [1.54, 1.807) is 0 Å². The number of halogens is 1. The van der Waals surface area contributed by atoms with Gasteiger partial charge >= 0.3 is 0 Å². The number of nitrogens with two attached hydrogens (primary N) is 1. The second-order valence-corrected chi connectivity index (χ2v) is 3.50. The van der Waals surface area contributed by atoms with Crippen LogP contribution in [0.1, 0.15) is 17.5 Å². The lowest BCUT2D eigenvalue weighted by Gasteiger charge is -2.06. The summed E-state index contributed by atoms with van der Waals surface area (Å²) in [5, 5.41) is 0. The van der Waals surface area contributed by atoms with Gasteiger partial charge in [-0.2, -0.15) is 0 Å². The highest BCUT2D eigenvalue weighted by Crippen LogP contribution is 2.31. The molecule has 0 aromatic heterocycles. The topological polar surface area (TPSA) is 35.2 Å². The molecule has 1 aromatic carbocycles. The summed E-state index contributed by atoms with van der Waals surface area (Å²) in [5.41, 5.74) is 7.67. The van der Waals surface area contributed by atoms with E-state index in [1.165, 1.54) is 11.6 Å². The van der Waals surface area contributed by atoms with E-state index in [4.69, 9.17) is 10.5 Å². The molecule has 1 aromatic rings. The molecule has 0 fully saturated rings. The Bertz CT molecular complexity index is 338. The zero-order valence-electron chi connectivity index (χ0n) is 8.05. The number of ether oxygens (including phenoxy) is 1. The normalized spacial score (nSPS) is 13.9. The monoisotopic (exact) mass is 195 g/mol. The second-order valence-electron chi connectivity index (χ2n) is 3.50. The van der Waals surface area contributed by atoms with Gasteiger partial charge in [0.25, 0.3) is 0 Å². The first-order chi connectivity index (χ1) is 6.83. The van der Waals surface area contributed by atoms with Gasteiger partial charge in [0.1, 0.15) is 0 Å². The molecule has 0 bridgehead atoms. The molecule has 14 heavy (non-hydrogen) atoms. The van der Waals surface area contributed by atoms with Crippen molar-refractivity contribution < 1.29 is 9.13 Å². The van der Waals surface area contributed by atoms with E-state index < -0.39 is 0 Å². The molecular weight excluding hydrogens is 181 g/mol. The first-order valence-corrected chi connectivity index (χ1v) is 4.96. The van der Waals surface area contributed by atoms with E-state index in [-0.39, 0.29) is 5.82 Å². The Hall–Kier alpha value is -1.09. The summed E-state index contributed by atoms with van der Waals surface area (Å²) >= 11 is 0. The summed E-state index contributed by atoms with van der Waals surface area (Å²) in [6.45, 7) is 1.28. The number of aryl methyl sites for hydroxylation is 1. The van der Waals surface area contributed by atoms with Gasteiger partial charge in [-0.25, -0.2) is 4.39 Å². The standard InChI is InChI=1S/C11H14FNO/c12-10-4-3-8(2-1-6-13)9-5-7-14-11(9)10/h3-4H,1-2,5-7,13H2. The van der Waals surface area contributed by atoms with Gasteiger partial charge in [0.15, 0.2) is 11.6 Å². The van der Waals surface area contributed by atoms with Crippen molar-refractivity contribution in [2.45, 2.75) is 19.3 Å². The molecule has 1 heterocycles. The summed E-state index contributed by atoms with van der Waals surface area (Å²) in [6, 6.07) is 3.33. The first kappa shape index (κ1) is 9.46. The molecule has 1 aliphatic rings. The molecule has 0 saturated carbocycles. The van der Waals surface area contributed by atoms with Crippen LogP contribution in [-0.4, -0.2) is 13.2 Å². The third-order valence-corrected chi connectivity index (χ3v) is 2.56. The number of hydrogen-bond acceptors (Lipinski definition) is 2. The van der Waals surface area contributed by atoms with Crippen LogP contribution >= 0.6 is 0 Å². The van der Waals surface area contributed by atoms with Crippen LogP contribution < -0.4 is 10.5 Å². The summed E-state index contributed by atoms with van der Waals surface area (Å²) in [5.74, 6) is 0.216. The van der Waals surface area contributed by atoms with Crippen LogP contribution in [0, 0.1) is 5.82 Å². The fourth-order valence-corrected chi connectivity index (χ4v) is 1.85. The maximum Gasteiger partial charge on any atom is 0.165 e. The van der Waals surface area contributed by atoms with Gasteiger partial charge in [-0.3, -0.25) is 0 Å². The van der Waals surface area contributed by atoms with Gasteiger partial charge in [-0.15, -0.1) is 0 Å². The number of hydrogen-bond donors (Lipinski definition) is 1. The molecule has 0 saturated heterocycles. The molecule has 1 aliphatic heterocycles. The minimum Gasteiger partial charge on any atom is -0.490 e. The Balaban J connectivity index is 2.29. The van der Waals surface area contributed by atoms with E-state index in [1.807, 2.05) is 6.07 Å². The van der Waals surface area contributed by atoms with Gasteiger partial charge in [-0.05, 0) is 31.0 Å². The lowest BCUT2D eigenvalue weighted by molar-refractivity contribution is 0.339. The molecular formula is C11H14FNO. The zero-order valence-corrected chi connectivity index (χ0v) is 8.05. The van der Waals surface area contributed by atoms with Crippen molar-refractivity contribution in [1.29, 1.82) is 0 Å². The summed E-state index contributed by atoms with van der Waals surface area (Å²) in [4.78, 5) is 0. The highest BCUT2D eigenvalue weighted by atomic mass is 19.1. The molecule has 0 spiro atoms. The van der Waals surface area contributed by atoms with Crippen LogP contribution in [0.3, 0.4) is 0 Å². The van der Waals surface area contributed by atoms with Crippen molar-refractivity contribution in [1.82, 2.24) is 0 Å². The Morgan fingerprint density at radius 3 is 3.07 bits per heavy atom. The maximum atomic E-state index is 13.2. The first-order valence-electron chi connectivity index (χ1n) is 4.96. The quantitative estimate of drug-likeness (QED) is 0.796. The Morgan fingerprint density at radius 1 is 1.43 bits per heavy atom. The molecule has 76 valence electrons. The van der Waals surface area contributed by atoms with Crippen LogP contribution in [0.4, 0.5) is 4.39 Å². The van der Waals surface area contributed by atoms with Crippen molar-refractivity contribution in [3.8, 4) is 5.75 Å². The predicted octanol–water partition coefficient (Wildman–Crippen LogP) is 1.65. The average Bonchev–Trinajstić information content (AvgIpc) is 2.66. The fourth-order valence-electron chi connectivity index (χ4n) is 1.85. The molecule has 0 unspecified atom stereocenters. The highest BCUT2D eigenvalue weighted by molar-refractivity contribution is 5.44. The van der Waals surface area contributed by atoms with Crippen molar-refractivity contribution >= 4 is 0 Å². The number of rotatable bonds is 3. The molecule has 0 atom stereocenters. The average molecular weight is 195 g/mol. The lowest BCUT2D eigenvalue weighted by Crippen LogP contribution is -2.02. The van der Waals surface area contributed by atoms with Gasteiger partial charge in [-0.1, -0.05) is 6.07 Å². The van der Waals surface area contributed by atoms with Crippen LogP contribution in [-0.2, 0) is 12.8 Å². The van der Waals surface area contributed by atoms with Crippen LogP contribution in [0.25, 0.3) is 0 Å². The van der Waals surface area contributed by atoms with Crippen LogP contribution in [0.15, 0.2) is 12.1 Å². The largest absolute Gasteiger partial charge is 0.490 e. The van der Waals surface area contributed by atoms with Crippen molar-refractivity contribution in [3.05, 3.63) is 29.1 Å². The second kappa shape index (κ2) is 3.96. The van der Waals surface area contributed by atoms with Gasteiger partial charge in [0.05, 0.1) is 6.61 Å². The van der Waals surface area contributed by atoms with E-state index >= 15 is 0 Å². The number of benzene rings is 1. The molecule has 0 radical (unpaired) electrons. The highest BCUT2D eigenvalue weighted by Gasteiger charge is 2.19. The molecule has 2 nitrogen and oxygen atoms in total. The zero-order chi connectivity index (χ0) is 9.97. The van der Waals surface area contributed by atoms with E-state index in [0.29, 0.717) is 18.9 Å². The third-order valence-electron chi connectivity index (χ3n) is 2.56. The third kappa shape index (κ3) is 1.60. The minimum atomic E-state index is -0.242. The summed E-state index contributed by atoms with van der Waals surface area (Å²) in [6.07, 6.45) is 2.69. The molecule has 0 aliphatic carbocycles. The van der Waals surface area contributed by atoms with Crippen molar-refractivity contribution in [3.63, 3.8) is 0 Å². The van der Waals surface area contributed by atoms with E-state index in [2.05, 4.69) is 0 Å². The van der Waals surface area contributed by atoms with Crippen molar-refractivity contribution in [2.75, 3.05) is 13.2 Å². The Kier molecular flexibility index (Phi) is 2.68. The van der Waals surface area contributed by atoms with E-state index in [0.717, 1.165) is 24.8 Å². The molecule has 3 heteroatoms. The van der Waals surface area contributed by atoms with Crippen LogP contribution in [0.5, 0.6) is 5.75 Å². The Labute approximate surface area is 82.9 Å².